The molecule has 0 aliphatic heterocycles. The minimum atomic E-state index is -0.0468. The highest BCUT2D eigenvalue weighted by molar-refractivity contribution is 5.79. The number of rotatable bonds is 6. The van der Waals surface area contributed by atoms with Gasteiger partial charge in [0.25, 0.3) is 0 Å². The maximum atomic E-state index is 5.74. The molecule has 0 atom stereocenters. The van der Waals surface area contributed by atoms with Gasteiger partial charge in [-0.15, -0.1) is 0 Å². The number of aromatic nitrogens is 2. The lowest BCUT2D eigenvalue weighted by Gasteiger charge is -2.13. The Labute approximate surface area is 142 Å². The fourth-order valence-corrected chi connectivity index (χ4v) is 1.89. The van der Waals surface area contributed by atoms with Crippen LogP contribution in [-0.2, 0) is 12.0 Å². The summed E-state index contributed by atoms with van der Waals surface area (Å²) in [6.07, 6.45) is 5.17. The molecule has 2 aromatic rings. The third-order valence-electron chi connectivity index (χ3n) is 3.22. The lowest BCUT2D eigenvalue weighted by Crippen LogP contribution is -2.38. The molecule has 0 unspecified atom stereocenters. The van der Waals surface area contributed by atoms with E-state index in [4.69, 9.17) is 9.15 Å². The number of nitrogens with zero attached hydrogens (tertiary/aromatic N) is 3. The van der Waals surface area contributed by atoms with Crippen LogP contribution >= 0.6 is 0 Å². The van der Waals surface area contributed by atoms with Gasteiger partial charge < -0.3 is 19.8 Å². The van der Waals surface area contributed by atoms with Crippen LogP contribution in [0.2, 0.25) is 0 Å². The van der Waals surface area contributed by atoms with Crippen LogP contribution in [0.4, 0.5) is 0 Å². The highest BCUT2D eigenvalue weighted by Gasteiger charge is 2.19. The van der Waals surface area contributed by atoms with Crippen molar-refractivity contribution in [2.24, 2.45) is 4.99 Å². The van der Waals surface area contributed by atoms with E-state index in [1.807, 2.05) is 12.1 Å². The number of aliphatic imine (C=N–C) groups is 1. The molecule has 130 valence electrons. The molecule has 24 heavy (non-hydrogen) atoms. The number of ether oxygens (including phenoxy) is 1. The maximum absolute atomic E-state index is 5.74. The highest BCUT2D eigenvalue weighted by atomic mass is 16.5. The zero-order valence-electron chi connectivity index (χ0n) is 14.7. The smallest absolute Gasteiger partial charge is 0.213 e. The predicted octanol–water partition coefficient (Wildman–Crippen LogP) is 2.11. The SMILES string of the molecule is CN=C(NCCOc1cccnc1)NCc1ncc(C(C)(C)C)o1. The Hall–Kier alpha value is -2.57. The Bertz CT molecular complexity index is 647. The van der Waals surface area contributed by atoms with Gasteiger partial charge in [-0.1, -0.05) is 20.8 Å². The van der Waals surface area contributed by atoms with Crippen molar-refractivity contribution in [1.29, 1.82) is 0 Å². The van der Waals surface area contributed by atoms with Crippen LogP contribution in [0.25, 0.3) is 0 Å². The van der Waals surface area contributed by atoms with Crippen molar-refractivity contribution < 1.29 is 9.15 Å². The lowest BCUT2D eigenvalue weighted by molar-refractivity contribution is 0.320. The number of pyridine rings is 1. The summed E-state index contributed by atoms with van der Waals surface area (Å²) in [7, 11) is 1.72. The summed E-state index contributed by atoms with van der Waals surface area (Å²) in [5, 5.41) is 6.33. The van der Waals surface area contributed by atoms with Gasteiger partial charge in [-0.25, -0.2) is 4.98 Å². The number of oxazole rings is 1. The van der Waals surface area contributed by atoms with E-state index in [9.17, 15) is 0 Å². The van der Waals surface area contributed by atoms with E-state index in [1.165, 1.54) is 0 Å². The Morgan fingerprint density at radius 1 is 1.29 bits per heavy atom. The van der Waals surface area contributed by atoms with E-state index >= 15 is 0 Å². The van der Waals surface area contributed by atoms with Crippen molar-refractivity contribution >= 4 is 5.96 Å². The summed E-state index contributed by atoms with van der Waals surface area (Å²) in [5.41, 5.74) is -0.0468. The van der Waals surface area contributed by atoms with E-state index in [1.54, 1.807) is 25.6 Å². The molecule has 2 heterocycles. The number of guanidine groups is 1. The molecule has 7 nitrogen and oxygen atoms in total. The normalized spacial score (nSPS) is 12.1. The summed E-state index contributed by atoms with van der Waals surface area (Å²) in [6, 6.07) is 3.71. The molecule has 0 aromatic carbocycles. The van der Waals surface area contributed by atoms with Gasteiger partial charge in [0.1, 0.15) is 18.1 Å². The Balaban J connectivity index is 1.71. The van der Waals surface area contributed by atoms with Crippen molar-refractivity contribution in [3.05, 3.63) is 42.4 Å². The largest absolute Gasteiger partial charge is 0.490 e. The van der Waals surface area contributed by atoms with Gasteiger partial charge in [0, 0.05) is 18.7 Å². The van der Waals surface area contributed by atoms with Crippen molar-refractivity contribution in [3.63, 3.8) is 0 Å². The van der Waals surface area contributed by atoms with E-state index in [-0.39, 0.29) is 5.41 Å². The van der Waals surface area contributed by atoms with Crippen molar-refractivity contribution in [2.45, 2.75) is 32.7 Å². The molecule has 0 radical (unpaired) electrons. The molecule has 0 amide bonds. The fraction of sp³-hybridized carbons (Fsp3) is 0.471. The quantitative estimate of drug-likeness (QED) is 0.479. The minimum absolute atomic E-state index is 0.0468. The zero-order chi connectivity index (χ0) is 17.4. The van der Waals surface area contributed by atoms with E-state index in [2.05, 4.69) is 46.4 Å². The molecule has 0 aliphatic carbocycles. The van der Waals surface area contributed by atoms with Gasteiger partial charge >= 0.3 is 0 Å². The van der Waals surface area contributed by atoms with Gasteiger partial charge in [-0.2, -0.15) is 0 Å². The lowest BCUT2D eigenvalue weighted by atomic mass is 9.94. The molecule has 0 saturated carbocycles. The third kappa shape index (κ3) is 5.57. The number of hydrogen-bond acceptors (Lipinski definition) is 5. The Morgan fingerprint density at radius 2 is 2.12 bits per heavy atom. The first-order valence-electron chi connectivity index (χ1n) is 7.91. The summed E-state index contributed by atoms with van der Waals surface area (Å²) < 4.78 is 11.3. The summed E-state index contributed by atoms with van der Waals surface area (Å²) in [4.78, 5) is 12.4. The van der Waals surface area contributed by atoms with Crippen molar-refractivity contribution in [3.8, 4) is 5.75 Å². The Morgan fingerprint density at radius 3 is 2.75 bits per heavy atom. The average molecular weight is 331 g/mol. The standard InChI is InChI=1S/C17H25N5O2/c1-17(2,3)14-11-21-15(24-14)12-22-16(18-4)20-8-9-23-13-6-5-7-19-10-13/h5-7,10-11H,8-9,12H2,1-4H3,(H2,18,20,22). The van der Waals surface area contributed by atoms with Gasteiger partial charge in [-0.3, -0.25) is 9.98 Å². The molecule has 0 fully saturated rings. The number of hydrogen-bond donors (Lipinski definition) is 2. The molecule has 2 rings (SSSR count). The molecule has 0 bridgehead atoms. The summed E-state index contributed by atoms with van der Waals surface area (Å²) in [6.45, 7) is 7.88. The fourth-order valence-electron chi connectivity index (χ4n) is 1.89. The molecular formula is C17H25N5O2. The monoisotopic (exact) mass is 331 g/mol. The highest BCUT2D eigenvalue weighted by Crippen LogP contribution is 2.22. The van der Waals surface area contributed by atoms with Gasteiger partial charge in [0.2, 0.25) is 5.89 Å². The Kier molecular flexibility index (Phi) is 6.17. The molecule has 2 N–H and O–H groups in total. The van der Waals surface area contributed by atoms with Crippen LogP contribution in [0.3, 0.4) is 0 Å². The van der Waals surface area contributed by atoms with Crippen LogP contribution in [0, 0.1) is 0 Å². The predicted molar refractivity (Wildman–Crippen MR) is 93.1 cm³/mol. The van der Waals surface area contributed by atoms with E-state index in [0.717, 1.165) is 11.5 Å². The van der Waals surface area contributed by atoms with Crippen molar-refractivity contribution in [1.82, 2.24) is 20.6 Å². The van der Waals surface area contributed by atoms with Gasteiger partial charge in [-0.05, 0) is 12.1 Å². The minimum Gasteiger partial charge on any atom is -0.490 e. The zero-order valence-corrected chi connectivity index (χ0v) is 14.7. The van der Waals surface area contributed by atoms with Crippen molar-refractivity contribution in [2.75, 3.05) is 20.2 Å². The van der Waals surface area contributed by atoms with Crippen LogP contribution in [0.15, 0.2) is 40.1 Å². The number of nitrogens with one attached hydrogen (secondary N) is 2. The third-order valence-corrected chi connectivity index (χ3v) is 3.22. The molecule has 0 aliphatic rings. The van der Waals surface area contributed by atoms with Crippen LogP contribution < -0.4 is 15.4 Å². The maximum Gasteiger partial charge on any atom is 0.213 e. The molecule has 2 aromatic heterocycles. The first-order valence-corrected chi connectivity index (χ1v) is 7.91. The second kappa shape index (κ2) is 8.33. The molecule has 0 saturated heterocycles. The van der Waals surface area contributed by atoms with Gasteiger partial charge in [0.15, 0.2) is 5.96 Å². The topological polar surface area (TPSA) is 84.6 Å². The van der Waals surface area contributed by atoms with Crippen LogP contribution in [-0.4, -0.2) is 36.1 Å². The summed E-state index contributed by atoms with van der Waals surface area (Å²) in [5.74, 6) is 2.92. The second-order valence-electron chi connectivity index (χ2n) is 6.26. The van der Waals surface area contributed by atoms with E-state index in [0.29, 0.717) is 31.5 Å². The van der Waals surface area contributed by atoms with Crippen LogP contribution in [0.1, 0.15) is 32.4 Å². The molecule has 7 heteroatoms. The molecule has 0 spiro atoms. The van der Waals surface area contributed by atoms with E-state index < -0.39 is 0 Å². The first kappa shape index (κ1) is 17.8. The molecular weight excluding hydrogens is 306 g/mol. The second-order valence-corrected chi connectivity index (χ2v) is 6.26. The summed E-state index contributed by atoms with van der Waals surface area (Å²) >= 11 is 0. The van der Waals surface area contributed by atoms with Gasteiger partial charge in [0.05, 0.1) is 25.5 Å². The first-order chi connectivity index (χ1) is 11.5. The average Bonchev–Trinajstić information content (AvgIpc) is 3.04. The van der Waals surface area contributed by atoms with Crippen LogP contribution in [0.5, 0.6) is 5.75 Å².